The first-order valence-electron chi connectivity index (χ1n) is 7.67. The highest BCUT2D eigenvalue weighted by atomic mass is 15.3. The quantitative estimate of drug-likeness (QED) is 0.787. The molecule has 5 heteroatoms. The van der Waals surface area contributed by atoms with Gasteiger partial charge in [0.2, 0.25) is 0 Å². The van der Waals surface area contributed by atoms with E-state index in [0.717, 1.165) is 24.1 Å². The second-order valence-electron chi connectivity index (χ2n) is 5.43. The van der Waals surface area contributed by atoms with E-state index in [1.54, 1.807) is 4.52 Å². The van der Waals surface area contributed by atoms with Crippen LogP contribution in [0.15, 0.2) is 6.33 Å². The van der Waals surface area contributed by atoms with E-state index in [1.807, 2.05) is 0 Å². The fourth-order valence-electron chi connectivity index (χ4n) is 2.75. The molecule has 2 heterocycles. The zero-order chi connectivity index (χ0) is 14.5. The molecule has 1 unspecified atom stereocenters. The van der Waals surface area contributed by atoms with Crippen molar-refractivity contribution in [3.05, 3.63) is 17.6 Å². The molecule has 0 aliphatic rings. The Morgan fingerprint density at radius 3 is 2.75 bits per heavy atom. The van der Waals surface area contributed by atoms with Crippen molar-refractivity contribution in [1.82, 2.24) is 19.6 Å². The van der Waals surface area contributed by atoms with Gasteiger partial charge in [-0.2, -0.15) is 14.6 Å². The van der Waals surface area contributed by atoms with Gasteiger partial charge in [0.15, 0.2) is 0 Å². The maximum absolute atomic E-state index is 6.29. The van der Waals surface area contributed by atoms with Gasteiger partial charge in [-0.3, -0.25) is 0 Å². The average molecular weight is 275 g/mol. The molecule has 0 aromatic carbocycles. The van der Waals surface area contributed by atoms with Crippen molar-refractivity contribution in [3.63, 3.8) is 0 Å². The van der Waals surface area contributed by atoms with Crippen molar-refractivity contribution >= 4 is 11.6 Å². The Morgan fingerprint density at radius 2 is 2.05 bits per heavy atom. The van der Waals surface area contributed by atoms with Crippen LogP contribution in [-0.4, -0.2) is 19.6 Å². The van der Waals surface area contributed by atoms with Gasteiger partial charge in [0.25, 0.3) is 5.78 Å². The number of anilines is 1. The summed E-state index contributed by atoms with van der Waals surface area (Å²) < 4.78 is 1.65. The number of nitrogen functional groups attached to an aromatic ring is 1. The summed E-state index contributed by atoms with van der Waals surface area (Å²) in [6.07, 6.45) is 8.65. The lowest BCUT2D eigenvalue weighted by Gasteiger charge is -2.18. The number of fused-ring (bicyclic) bond motifs is 1. The molecule has 5 nitrogen and oxygen atoms in total. The average Bonchev–Trinajstić information content (AvgIpc) is 2.91. The molecular formula is C15H25N5. The van der Waals surface area contributed by atoms with E-state index < -0.39 is 0 Å². The third-order valence-electron chi connectivity index (χ3n) is 3.90. The maximum Gasteiger partial charge on any atom is 0.254 e. The molecule has 2 aromatic heterocycles. The molecule has 2 aromatic rings. The number of nitrogens with two attached hydrogens (primary N) is 1. The Hall–Kier alpha value is -1.65. The van der Waals surface area contributed by atoms with Crippen LogP contribution in [0.4, 0.5) is 5.82 Å². The first-order valence-corrected chi connectivity index (χ1v) is 7.67. The molecule has 0 bridgehead atoms. The highest BCUT2D eigenvalue weighted by Gasteiger charge is 2.18. The molecule has 0 aliphatic carbocycles. The Balaban J connectivity index is 2.24. The van der Waals surface area contributed by atoms with Gasteiger partial charge in [-0.25, -0.2) is 4.98 Å². The largest absolute Gasteiger partial charge is 0.383 e. The number of nitrogens with zero attached hydrogens (tertiary/aromatic N) is 4. The maximum atomic E-state index is 6.29. The molecule has 1 atom stereocenters. The molecule has 0 saturated heterocycles. The SMILES string of the molecule is CCCCCCC(C)c1c(CC)nc2ncnn2c1N. The number of hydrogen-bond donors (Lipinski definition) is 1. The number of aryl methyl sites for hydroxylation is 1. The second-order valence-corrected chi connectivity index (χ2v) is 5.43. The van der Waals surface area contributed by atoms with Crippen molar-refractivity contribution in [2.75, 3.05) is 5.73 Å². The predicted molar refractivity (Wildman–Crippen MR) is 81.7 cm³/mol. The minimum atomic E-state index is 0.419. The number of hydrogen-bond acceptors (Lipinski definition) is 4. The van der Waals surface area contributed by atoms with Gasteiger partial charge in [-0.05, 0) is 18.8 Å². The molecule has 110 valence electrons. The number of unbranched alkanes of at least 4 members (excludes halogenated alkanes) is 3. The van der Waals surface area contributed by atoms with Crippen molar-refractivity contribution in [1.29, 1.82) is 0 Å². The minimum Gasteiger partial charge on any atom is -0.383 e. The van der Waals surface area contributed by atoms with E-state index in [4.69, 9.17) is 5.73 Å². The summed E-state index contributed by atoms with van der Waals surface area (Å²) in [5.74, 6) is 1.72. The van der Waals surface area contributed by atoms with Gasteiger partial charge in [0.05, 0.1) is 5.69 Å². The summed E-state index contributed by atoms with van der Waals surface area (Å²) in [7, 11) is 0. The highest BCUT2D eigenvalue weighted by molar-refractivity contribution is 5.51. The third-order valence-corrected chi connectivity index (χ3v) is 3.90. The monoisotopic (exact) mass is 275 g/mol. The standard InChI is InChI=1S/C15H25N5/c1-4-6-7-8-9-11(3)13-12(5-2)19-15-17-10-18-20(15)14(13)16/h10-11H,4-9,16H2,1-3H3. The van der Waals surface area contributed by atoms with Gasteiger partial charge in [0.1, 0.15) is 12.1 Å². The smallest absolute Gasteiger partial charge is 0.254 e. The van der Waals surface area contributed by atoms with Crippen LogP contribution in [0.25, 0.3) is 5.78 Å². The number of aromatic nitrogens is 4. The Labute approximate surface area is 120 Å². The molecule has 0 fully saturated rings. The summed E-state index contributed by atoms with van der Waals surface area (Å²) >= 11 is 0. The molecule has 20 heavy (non-hydrogen) atoms. The van der Waals surface area contributed by atoms with Crippen LogP contribution in [-0.2, 0) is 6.42 Å². The molecule has 2 N–H and O–H groups in total. The number of rotatable bonds is 7. The van der Waals surface area contributed by atoms with E-state index in [2.05, 4.69) is 35.8 Å². The van der Waals surface area contributed by atoms with Gasteiger partial charge >= 0.3 is 0 Å². The van der Waals surface area contributed by atoms with Crippen molar-refractivity contribution < 1.29 is 0 Å². The molecule has 0 aliphatic heterocycles. The van der Waals surface area contributed by atoms with Gasteiger partial charge in [-0.1, -0.05) is 46.5 Å². The van der Waals surface area contributed by atoms with Gasteiger partial charge < -0.3 is 5.73 Å². The Kier molecular flexibility index (Phi) is 4.93. The first-order chi connectivity index (χ1) is 9.69. The summed E-state index contributed by atoms with van der Waals surface area (Å²) in [6, 6.07) is 0. The molecule has 0 saturated carbocycles. The third kappa shape index (κ3) is 2.92. The van der Waals surface area contributed by atoms with E-state index >= 15 is 0 Å². The topological polar surface area (TPSA) is 69.1 Å². The Bertz CT molecular complexity index is 561. The van der Waals surface area contributed by atoms with Gasteiger partial charge in [0, 0.05) is 5.56 Å². The van der Waals surface area contributed by atoms with Crippen LogP contribution < -0.4 is 5.73 Å². The van der Waals surface area contributed by atoms with E-state index in [0.29, 0.717) is 17.5 Å². The predicted octanol–water partition coefficient (Wildman–Crippen LogP) is 3.34. The molecule has 0 radical (unpaired) electrons. The molecule has 0 amide bonds. The summed E-state index contributed by atoms with van der Waals surface area (Å²) in [4.78, 5) is 8.73. The van der Waals surface area contributed by atoms with Crippen LogP contribution in [0.1, 0.15) is 70.1 Å². The lowest BCUT2D eigenvalue weighted by atomic mass is 9.93. The second kappa shape index (κ2) is 6.68. The normalized spacial score (nSPS) is 12.9. The van der Waals surface area contributed by atoms with Crippen molar-refractivity contribution in [3.8, 4) is 0 Å². The lowest BCUT2D eigenvalue weighted by Crippen LogP contribution is -2.12. The van der Waals surface area contributed by atoms with Crippen LogP contribution in [0.3, 0.4) is 0 Å². The summed E-state index contributed by atoms with van der Waals surface area (Å²) in [5.41, 5.74) is 8.51. The van der Waals surface area contributed by atoms with Crippen LogP contribution in [0.5, 0.6) is 0 Å². The molecule has 0 spiro atoms. The van der Waals surface area contributed by atoms with Crippen LogP contribution in [0.2, 0.25) is 0 Å². The van der Waals surface area contributed by atoms with E-state index in [9.17, 15) is 0 Å². The van der Waals surface area contributed by atoms with Crippen molar-refractivity contribution in [2.45, 2.75) is 65.2 Å². The van der Waals surface area contributed by atoms with E-state index in [-0.39, 0.29) is 0 Å². The highest BCUT2D eigenvalue weighted by Crippen LogP contribution is 2.29. The summed E-state index contributed by atoms with van der Waals surface area (Å²) in [6.45, 7) is 6.59. The summed E-state index contributed by atoms with van der Waals surface area (Å²) in [5, 5.41) is 4.16. The lowest BCUT2D eigenvalue weighted by molar-refractivity contribution is 0.574. The Morgan fingerprint density at radius 1 is 1.25 bits per heavy atom. The molecular weight excluding hydrogens is 250 g/mol. The fourth-order valence-corrected chi connectivity index (χ4v) is 2.75. The van der Waals surface area contributed by atoms with E-state index in [1.165, 1.54) is 32.0 Å². The van der Waals surface area contributed by atoms with Crippen molar-refractivity contribution in [2.24, 2.45) is 0 Å². The fraction of sp³-hybridized carbons (Fsp3) is 0.667. The van der Waals surface area contributed by atoms with Crippen LogP contribution >= 0.6 is 0 Å². The first kappa shape index (κ1) is 14.8. The van der Waals surface area contributed by atoms with Crippen LogP contribution in [0, 0.1) is 0 Å². The zero-order valence-electron chi connectivity index (χ0n) is 12.8. The molecule has 2 rings (SSSR count). The zero-order valence-corrected chi connectivity index (χ0v) is 12.8. The van der Waals surface area contributed by atoms with Gasteiger partial charge in [-0.15, -0.1) is 0 Å². The minimum absolute atomic E-state index is 0.419.